The maximum atomic E-state index is 14.4. The van der Waals surface area contributed by atoms with E-state index in [1.807, 2.05) is 48.5 Å². The zero-order valence-corrected chi connectivity index (χ0v) is 33.4. The topological polar surface area (TPSA) is 295 Å². The van der Waals surface area contributed by atoms with Gasteiger partial charge in [-0.2, -0.15) is 0 Å². The van der Waals surface area contributed by atoms with Gasteiger partial charge < -0.3 is 53.4 Å². The highest BCUT2D eigenvalue weighted by molar-refractivity contribution is 5.96. The number of urea groups is 1. The third kappa shape index (κ3) is 10.5. The first kappa shape index (κ1) is 42.9. The molecule has 2 aromatic carbocycles. The molecule has 0 bridgehead atoms. The van der Waals surface area contributed by atoms with E-state index in [1.54, 1.807) is 18.6 Å². The first-order chi connectivity index (χ1) is 28.9. The van der Waals surface area contributed by atoms with Gasteiger partial charge in [-0.15, -0.1) is 0 Å². The second-order valence-corrected chi connectivity index (χ2v) is 15.0. The highest BCUT2D eigenvalue weighted by Gasteiger charge is 2.38. The number of primary amides is 1. The number of carbonyl (C=O) groups is 6. The van der Waals surface area contributed by atoms with Gasteiger partial charge in [0.25, 0.3) is 5.91 Å². The van der Waals surface area contributed by atoms with E-state index in [2.05, 4.69) is 41.2 Å². The van der Waals surface area contributed by atoms with Crippen molar-refractivity contribution in [2.75, 3.05) is 19.6 Å². The highest BCUT2D eigenvalue weighted by Crippen LogP contribution is 2.22. The quantitative estimate of drug-likeness (QED) is 0.0513. The van der Waals surface area contributed by atoms with Crippen LogP contribution < -0.4 is 38.5 Å². The van der Waals surface area contributed by atoms with E-state index in [4.69, 9.17) is 17.2 Å². The largest absolute Gasteiger partial charge is 0.368 e. The molecule has 6 rings (SSSR count). The molecule has 3 aromatic heterocycles. The van der Waals surface area contributed by atoms with E-state index in [1.165, 1.54) is 23.3 Å². The fourth-order valence-corrected chi connectivity index (χ4v) is 7.36. The highest BCUT2D eigenvalue weighted by atomic mass is 16.2. The zero-order valence-electron chi connectivity index (χ0n) is 33.4. The van der Waals surface area contributed by atoms with Crippen molar-refractivity contribution in [1.29, 1.82) is 0 Å². The van der Waals surface area contributed by atoms with Crippen LogP contribution in [-0.4, -0.2) is 115 Å². The van der Waals surface area contributed by atoms with Crippen LogP contribution in [0.2, 0.25) is 0 Å². The number of nitrogens with two attached hydrogens (primary N) is 3. The van der Waals surface area contributed by atoms with Crippen molar-refractivity contribution in [1.82, 2.24) is 51.2 Å². The SMILES string of the molecule is C[C@H](NC(=O)[C@@H](Cc1c[nH]c2ccccc12)NC(=O)C(N)Cc1cnc[nH]1)C(=O)N[C@@H](Cc1c[nH]c2ccccc12)C(=O)N1CCCN1C(=O)N[C@@H](CCCCN)C(N)=O. The molecule has 1 fully saturated rings. The average Bonchev–Trinajstić information content (AvgIpc) is 4.08. The number of amides is 7. The number of H-pyrrole nitrogens is 3. The Labute approximate surface area is 345 Å². The molecular weight excluding hydrogens is 771 g/mol. The minimum atomic E-state index is -1.19. The van der Waals surface area contributed by atoms with E-state index in [0.717, 1.165) is 32.9 Å². The van der Waals surface area contributed by atoms with Crippen LogP contribution in [0.4, 0.5) is 4.79 Å². The Morgan fingerprint density at radius 1 is 0.733 bits per heavy atom. The van der Waals surface area contributed by atoms with Crippen molar-refractivity contribution in [3.05, 3.63) is 90.3 Å². The summed E-state index contributed by atoms with van der Waals surface area (Å²) in [6, 6.07) is 8.87. The van der Waals surface area contributed by atoms with Gasteiger partial charge in [-0.1, -0.05) is 36.4 Å². The first-order valence-electron chi connectivity index (χ1n) is 20.1. The Bertz CT molecular complexity index is 2290. The van der Waals surface area contributed by atoms with Gasteiger partial charge in [0.15, 0.2) is 0 Å². The number of hydrogen-bond acceptors (Lipinski definition) is 9. The summed E-state index contributed by atoms with van der Waals surface area (Å²) in [4.78, 5) is 94.8. The third-order valence-electron chi connectivity index (χ3n) is 10.6. The van der Waals surface area contributed by atoms with Crippen LogP contribution in [-0.2, 0) is 43.2 Å². The first-order valence-corrected chi connectivity index (χ1v) is 20.1. The Morgan fingerprint density at radius 3 is 1.97 bits per heavy atom. The van der Waals surface area contributed by atoms with Gasteiger partial charge in [0, 0.05) is 78.4 Å². The molecular formula is C41H53N13O6. The summed E-state index contributed by atoms with van der Waals surface area (Å²) in [5.74, 6) is -3.20. The van der Waals surface area contributed by atoms with E-state index < -0.39 is 65.8 Å². The smallest absolute Gasteiger partial charge is 0.336 e. The molecule has 60 heavy (non-hydrogen) atoms. The predicted octanol–water partition coefficient (Wildman–Crippen LogP) is 0.344. The Balaban J connectivity index is 1.19. The molecule has 318 valence electrons. The number of carbonyl (C=O) groups excluding carboxylic acids is 6. The number of nitrogens with zero attached hydrogens (tertiary/aromatic N) is 3. The molecule has 4 heterocycles. The number of imidazole rings is 1. The molecule has 1 aliphatic heterocycles. The summed E-state index contributed by atoms with van der Waals surface area (Å²) in [6.45, 7) is 2.25. The second kappa shape index (κ2) is 19.8. The van der Waals surface area contributed by atoms with Gasteiger partial charge in [-0.25, -0.2) is 19.8 Å². The number of hydrazine groups is 1. The normalized spacial score (nSPS) is 15.2. The van der Waals surface area contributed by atoms with E-state index in [0.29, 0.717) is 31.5 Å². The molecule has 0 saturated carbocycles. The van der Waals surface area contributed by atoms with Crippen molar-refractivity contribution >= 4 is 57.4 Å². The van der Waals surface area contributed by atoms with Crippen molar-refractivity contribution in [2.45, 2.75) is 82.1 Å². The Morgan fingerprint density at radius 2 is 1.35 bits per heavy atom. The van der Waals surface area contributed by atoms with Crippen LogP contribution in [0, 0.1) is 0 Å². The van der Waals surface area contributed by atoms with Gasteiger partial charge in [0.1, 0.15) is 24.2 Å². The molecule has 1 saturated heterocycles. The number of para-hydroxylation sites is 2. The minimum absolute atomic E-state index is 0.0394. The number of fused-ring (bicyclic) bond motifs is 2. The summed E-state index contributed by atoms with van der Waals surface area (Å²) in [6.07, 6.45) is 8.75. The molecule has 5 aromatic rings. The molecule has 13 N–H and O–H groups in total. The summed E-state index contributed by atoms with van der Waals surface area (Å²) < 4.78 is 0. The number of unbranched alkanes of at least 4 members (excludes halogenated alkanes) is 1. The van der Waals surface area contributed by atoms with Crippen molar-refractivity contribution in [3.8, 4) is 0 Å². The Kier molecular flexibility index (Phi) is 14.2. The summed E-state index contributed by atoms with van der Waals surface area (Å²) in [5, 5.41) is 15.1. The van der Waals surface area contributed by atoms with Crippen LogP contribution >= 0.6 is 0 Å². The fourth-order valence-electron chi connectivity index (χ4n) is 7.36. The molecule has 7 amide bonds. The zero-order chi connectivity index (χ0) is 42.8. The lowest BCUT2D eigenvalue weighted by molar-refractivity contribution is -0.144. The number of rotatable bonds is 19. The summed E-state index contributed by atoms with van der Waals surface area (Å²) in [7, 11) is 0. The van der Waals surface area contributed by atoms with Crippen molar-refractivity contribution in [2.24, 2.45) is 17.2 Å². The summed E-state index contributed by atoms with van der Waals surface area (Å²) >= 11 is 0. The number of aromatic amines is 3. The van der Waals surface area contributed by atoms with Gasteiger partial charge in [-0.05, 0) is 62.4 Å². The number of nitrogens with one attached hydrogen (secondary N) is 7. The molecule has 0 spiro atoms. The maximum Gasteiger partial charge on any atom is 0.336 e. The Hall–Kier alpha value is -6.73. The van der Waals surface area contributed by atoms with Crippen LogP contribution in [0.25, 0.3) is 21.8 Å². The molecule has 1 aliphatic rings. The van der Waals surface area contributed by atoms with Gasteiger partial charge in [-0.3, -0.25) is 24.0 Å². The van der Waals surface area contributed by atoms with Crippen LogP contribution in [0.1, 0.15) is 49.4 Å². The average molecular weight is 824 g/mol. The van der Waals surface area contributed by atoms with E-state index in [9.17, 15) is 28.8 Å². The minimum Gasteiger partial charge on any atom is -0.368 e. The van der Waals surface area contributed by atoms with Crippen LogP contribution in [0.15, 0.2) is 73.4 Å². The lowest BCUT2D eigenvalue weighted by atomic mass is 10.0. The molecule has 0 radical (unpaired) electrons. The van der Waals surface area contributed by atoms with Crippen molar-refractivity contribution in [3.63, 3.8) is 0 Å². The molecule has 19 heteroatoms. The number of aromatic nitrogens is 4. The monoisotopic (exact) mass is 823 g/mol. The number of hydrogen-bond donors (Lipinski definition) is 10. The second-order valence-electron chi connectivity index (χ2n) is 15.0. The van der Waals surface area contributed by atoms with Crippen LogP contribution in [0.5, 0.6) is 0 Å². The standard InChI is InChI=1S/C41H53N13O6/c1-24(49-39(58)34(17-25-20-46-31-11-4-2-9-28(25)31)50-38(57)30(43)19-27-22-45-23-48-27)37(56)51-35(18-26-21-47-32-12-5-3-10-29(26)32)40(59)53-15-8-16-54(53)41(60)52-33(36(44)55)13-6-7-14-42/h2-5,9-12,20-24,30,33-35,46-47H,6-8,13-19,42-43H2,1H3,(H2,44,55)(H,45,48)(H,49,58)(H,50,57)(H,51,56)(H,52,60)/t24-,30?,33-,34+,35-/m0/s1. The molecule has 5 atom stereocenters. The molecule has 0 aliphatic carbocycles. The lowest BCUT2D eigenvalue weighted by Gasteiger charge is -2.32. The van der Waals surface area contributed by atoms with E-state index in [-0.39, 0.29) is 38.8 Å². The van der Waals surface area contributed by atoms with Gasteiger partial charge in [0.05, 0.1) is 12.4 Å². The van der Waals surface area contributed by atoms with Gasteiger partial charge >= 0.3 is 6.03 Å². The number of benzene rings is 2. The molecule has 19 nitrogen and oxygen atoms in total. The summed E-state index contributed by atoms with van der Waals surface area (Å²) in [5.41, 5.74) is 21.2. The maximum absolute atomic E-state index is 14.4. The third-order valence-corrected chi connectivity index (χ3v) is 10.6. The van der Waals surface area contributed by atoms with Crippen LogP contribution in [0.3, 0.4) is 0 Å². The predicted molar refractivity (Wildman–Crippen MR) is 223 cm³/mol. The molecule has 1 unspecified atom stereocenters. The van der Waals surface area contributed by atoms with Crippen molar-refractivity contribution < 1.29 is 28.8 Å². The lowest BCUT2D eigenvalue weighted by Crippen LogP contribution is -2.60. The van der Waals surface area contributed by atoms with Gasteiger partial charge in [0.2, 0.25) is 23.6 Å². The van der Waals surface area contributed by atoms with E-state index >= 15 is 0 Å². The fraction of sp³-hybridized carbons (Fsp3) is 0.390.